The van der Waals surface area contributed by atoms with Gasteiger partial charge in [0.05, 0.1) is 17.1 Å². The second-order valence-corrected chi connectivity index (χ2v) is 7.79. The van der Waals surface area contributed by atoms with Gasteiger partial charge in [-0.05, 0) is 30.5 Å². The molecule has 0 N–H and O–H groups in total. The quantitative estimate of drug-likeness (QED) is 0.654. The lowest BCUT2D eigenvalue weighted by Gasteiger charge is -2.21. The fourth-order valence-corrected chi connectivity index (χ4v) is 4.29. The first-order valence-electron chi connectivity index (χ1n) is 8.78. The number of carbonyl (C=O) groups is 1. The van der Waals surface area contributed by atoms with Crippen molar-refractivity contribution >= 4 is 23.4 Å². The third-order valence-corrected chi connectivity index (χ3v) is 5.94. The number of nitrogens with zero attached hydrogens (tertiary/aromatic N) is 3. The summed E-state index contributed by atoms with van der Waals surface area (Å²) in [6.07, 6.45) is 2.81. The summed E-state index contributed by atoms with van der Waals surface area (Å²) >= 11 is 1.52. The van der Waals surface area contributed by atoms with E-state index in [9.17, 15) is 4.79 Å². The van der Waals surface area contributed by atoms with Crippen LogP contribution in [0, 0.1) is 0 Å². The maximum Gasteiger partial charge on any atom is 0.240 e. The molecule has 1 aliphatic rings. The zero-order chi connectivity index (χ0) is 18.1. The fraction of sp³-hybridized carbons (Fsp3) is 0.238. The van der Waals surface area contributed by atoms with Crippen LogP contribution < -0.4 is 4.90 Å². The van der Waals surface area contributed by atoms with E-state index in [0.717, 1.165) is 35.1 Å². The third-order valence-electron chi connectivity index (χ3n) is 4.80. The number of thioether (sulfide) groups is 1. The highest BCUT2D eigenvalue weighted by molar-refractivity contribution is 8.00. The average Bonchev–Trinajstić information content (AvgIpc) is 3.26. The topological polar surface area (TPSA) is 38.1 Å². The first-order valence-corrected chi connectivity index (χ1v) is 9.66. The number of imidazole rings is 1. The van der Waals surface area contributed by atoms with Gasteiger partial charge in [-0.25, -0.2) is 4.98 Å². The monoisotopic (exact) mass is 363 g/mol. The Bertz CT molecular complexity index is 935. The van der Waals surface area contributed by atoms with Crippen LogP contribution in [0.25, 0.3) is 11.3 Å². The molecule has 26 heavy (non-hydrogen) atoms. The molecule has 0 unspecified atom stereocenters. The summed E-state index contributed by atoms with van der Waals surface area (Å²) in [7, 11) is 2.00. The van der Waals surface area contributed by atoms with E-state index in [1.54, 1.807) is 0 Å². The summed E-state index contributed by atoms with van der Waals surface area (Å²) in [5.74, 6) is 0.143. The molecule has 1 amide bonds. The maximum absolute atomic E-state index is 13.0. The van der Waals surface area contributed by atoms with E-state index in [-0.39, 0.29) is 11.2 Å². The SMILES string of the molecule is C[C@H](Sc1ncc(-c2ccccc2)n1C)C(=O)N1CCc2ccccc21. The van der Waals surface area contributed by atoms with Crippen LogP contribution in [-0.2, 0) is 18.3 Å². The number of anilines is 1. The Labute approximate surface area is 157 Å². The molecule has 0 aliphatic carbocycles. The molecular formula is C21H21N3OS. The summed E-state index contributed by atoms with van der Waals surface area (Å²) in [4.78, 5) is 19.4. The van der Waals surface area contributed by atoms with Crippen LogP contribution >= 0.6 is 11.8 Å². The number of fused-ring (bicyclic) bond motifs is 1. The molecule has 0 fully saturated rings. The fourth-order valence-electron chi connectivity index (χ4n) is 3.37. The van der Waals surface area contributed by atoms with Crippen molar-refractivity contribution in [1.82, 2.24) is 9.55 Å². The second-order valence-electron chi connectivity index (χ2n) is 6.48. The minimum Gasteiger partial charge on any atom is -0.322 e. The first-order chi connectivity index (χ1) is 12.6. The van der Waals surface area contributed by atoms with E-state index in [1.807, 2.05) is 61.5 Å². The van der Waals surface area contributed by atoms with E-state index in [0.29, 0.717) is 0 Å². The van der Waals surface area contributed by atoms with Crippen LogP contribution in [0.2, 0.25) is 0 Å². The minimum atomic E-state index is -0.189. The molecular weight excluding hydrogens is 342 g/mol. The molecule has 4 nitrogen and oxygen atoms in total. The molecule has 3 aromatic rings. The van der Waals surface area contributed by atoms with Crippen LogP contribution in [0.4, 0.5) is 5.69 Å². The lowest BCUT2D eigenvalue weighted by Crippen LogP contribution is -2.35. The molecule has 4 rings (SSSR count). The van der Waals surface area contributed by atoms with Gasteiger partial charge in [0.1, 0.15) is 0 Å². The largest absolute Gasteiger partial charge is 0.322 e. The molecule has 1 atom stereocenters. The summed E-state index contributed by atoms with van der Waals surface area (Å²) in [6, 6.07) is 18.3. The summed E-state index contributed by atoms with van der Waals surface area (Å²) in [6.45, 7) is 2.73. The smallest absolute Gasteiger partial charge is 0.240 e. The van der Waals surface area contributed by atoms with Crippen molar-refractivity contribution < 1.29 is 4.79 Å². The third kappa shape index (κ3) is 3.03. The van der Waals surface area contributed by atoms with Gasteiger partial charge in [0.2, 0.25) is 5.91 Å². The zero-order valence-corrected chi connectivity index (χ0v) is 15.7. The molecule has 1 aromatic heterocycles. The van der Waals surface area contributed by atoms with Gasteiger partial charge in [0, 0.05) is 19.3 Å². The molecule has 1 aliphatic heterocycles. The van der Waals surface area contributed by atoms with Gasteiger partial charge in [-0.2, -0.15) is 0 Å². The van der Waals surface area contributed by atoms with E-state index in [2.05, 4.69) is 27.8 Å². The van der Waals surface area contributed by atoms with E-state index in [4.69, 9.17) is 0 Å². The van der Waals surface area contributed by atoms with Crippen LogP contribution in [0.1, 0.15) is 12.5 Å². The van der Waals surface area contributed by atoms with Crippen LogP contribution in [0.15, 0.2) is 66.0 Å². The number of aromatic nitrogens is 2. The van der Waals surface area contributed by atoms with Crippen molar-refractivity contribution in [2.24, 2.45) is 7.05 Å². The predicted octanol–water partition coefficient (Wildman–Crippen LogP) is 4.16. The van der Waals surface area contributed by atoms with Gasteiger partial charge in [-0.3, -0.25) is 4.79 Å². The van der Waals surface area contributed by atoms with Gasteiger partial charge in [0.15, 0.2) is 5.16 Å². The molecule has 2 heterocycles. The van der Waals surface area contributed by atoms with Crippen molar-refractivity contribution in [2.75, 3.05) is 11.4 Å². The van der Waals surface area contributed by atoms with Crippen molar-refractivity contribution in [1.29, 1.82) is 0 Å². The number of amides is 1. The molecule has 0 bridgehead atoms. The zero-order valence-electron chi connectivity index (χ0n) is 14.9. The Hall–Kier alpha value is -2.53. The molecule has 0 spiro atoms. The standard InChI is InChI=1S/C21H21N3OS/c1-15(20(25)24-13-12-17-10-6-7-11-18(17)24)26-21-22-14-19(23(21)2)16-8-4-3-5-9-16/h3-11,14-15H,12-13H2,1-2H3/t15-/m0/s1. The summed E-state index contributed by atoms with van der Waals surface area (Å²) in [5, 5.41) is 0.670. The minimum absolute atomic E-state index is 0.143. The van der Waals surface area contributed by atoms with Gasteiger partial charge >= 0.3 is 0 Å². The Morgan fingerprint density at radius 3 is 2.65 bits per heavy atom. The Morgan fingerprint density at radius 1 is 1.12 bits per heavy atom. The van der Waals surface area contributed by atoms with Crippen molar-refractivity contribution in [3.8, 4) is 11.3 Å². The molecule has 2 aromatic carbocycles. The second kappa shape index (κ2) is 7.00. The van der Waals surface area contributed by atoms with E-state index in [1.165, 1.54) is 17.3 Å². The van der Waals surface area contributed by atoms with Crippen LogP contribution in [0.3, 0.4) is 0 Å². The number of benzene rings is 2. The molecule has 5 heteroatoms. The first kappa shape index (κ1) is 16.9. The van der Waals surface area contributed by atoms with E-state index >= 15 is 0 Å². The lowest BCUT2D eigenvalue weighted by molar-refractivity contribution is -0.117. The lowest BCUT2D eigenvalue weighted by atomic mass is 10.2. The molecule has 0 saturated heterocycles. The van der Waals surface area contributed by atoms with E-state index < -0.39 is 0 Å². The number of rotatable bonds is 4. The van der Waals surface area contributed by atoms with Gasteiger partial charge in [0.25, 0.3) is 0 Å². The number of para-hydroxylation sites is 1. The normalized spacial score (nSPS) is 14.3. The molecule has 0 radical (unpaired) electrons. The Morgan fingerprint density at radius 2 is 1.85 bits per heavy atom. The summed E-state index contributed by atoms with van der Waals surface area (Å²) < 4.78 is 2.06. The highest BCUT2D eigenvalue weighted by atomic mass is 32.2. The Balaban J connectivity index is 1.52. The van der Waals surface area contributed by atoms with Crippen molar-refractivity contribution in [2.45, 2.75) is 23.8 Å². The van der Waals surface area contributed by atoms with Gasteiger partial charge in [-0.1, -0.05) is 60.3 Å². The van der Waals surface area contributed by atoms with Gasteiger partial charge in [-0.15, -0.1) is 0 Å². The Kier molecular flexibility index (Phi) is 4.55. The molecule has 0 saturated carbocycles. The van der Waals surface area contributed by atoms with Crippen molar-refractivity contribution in [3.63, 3.8) is 0 Å². The number of hydrogen-bond acceptors (Lipinski definition) is 3. The average molecular weight is 363 g/mol. The maximum atomic E-state index is 13.0. The highest BCUT2D eigenvalue weighted by Gasteiger charge is 2.29. The van der Waals surface area contributed by atoms with Crippen LogP contribution in [-0.4, -0.2) is 27.3 Å². The number of hydrogen-bond donors (Lipinski definition) is 0. The predicted molar refractivity (Wildman–Crippen MR) is 106 cm³/mol. The van der Waals surface area contributed by atoms with Crippen LogP contribution in [0.5, 0.6) is 0 Å². The summed E-state index contributed by atoms with van der Waals surface area (Å²) in [5.41, 5.74) is 4.48. The van der Waals surface area contributed by atoms with Crippen molar-refractivity contribution in [3.05, 3.63) is 66.4 Å². The molecule has 132 valence electrons. The number of carbonyl (C=O) groups excluding carboxylic acids is 1. The van der Waals surface area contributed by atoms with Gasteiger partial charge < -0.3 is 9.47 Å². The highest BCUT2D eigenvalue weighted by Crippen LogP contribution is 2.32.